The van der Waals surface area contributed by atoms with Crippen LogP contribution in [0.1, 0.15) is 20.3 Å². The summed E-state index contributed by atoms with van der Waals surface area (Å²) in [5.74, 6) is -0.144. The molecule has 0 aliphatic carbocycles. The number of aliphatic hydroxyl groups is 1. The Bertz CT molecular complexity index is 125. The molecule has 0 aliphatic rings. The van der Waals surface area contributed by atoms with Crippen molar-refractivity contribution in [2.75, 3.05) is 20.1 Å². The second-order valence-electron chi connectivity index (χ2n) is 2.81. The topological polar surface area (TPSA) is 40.5 Å². The fourth-order valence-corrected chi connectivity index (χ4v) is 0.704. The third-order valence-corrected chi connectivity index (χ3v) is 1.79. The maximum absolute atomic E-state index is 10.6. The molecule has 0 aromatic rings. The van der Waals surface area contributed by atoms with Crippen molar-refractivity contribution in [3.63, 3.8) is 0 Å². The molecule has 0 rings (SSSR count). The summed E-state index contributed by atoms with van der Waals surface area (Å²) in [7, 11) is 1.97. The summed E-state index contributed by atoms with van der Waals surface area (Å²) in [6.07, 6.45) is -0.233. The van der Waals surface area contributed by atoms with Crippen LogP contribution in [0.3, 0.4) is 0 Å². The summed E-state index contributed by atoms with van der Waals surface area (Å²) in [4.78, 5) is 12.6. The van der Waals surface area contributed by atoms with E-state index in [-0.39, 0.29) is 5.78 Å². The zero-order chi connectivity index (χ0) is 8.85. The van der Waals surface area contributed by atoms with Gasteiger partial charge in [-0.25, -0.2) is 0 Å². The molecule has 0 radical (unpaired) electrons. The molecule has 11 heavy (non-hydrogen) atoms. The number of ketones is 1. The normalized spacial score (nSPS) is 13.5. The van der Waals surface area contributed by atoms with Crippen LogP contribution < -0.4 is 0 Å². The van der Waals surface area contributed by atoms with Crippen LogP contribution >= 0.6 is 0 Å². The largest absolute Gasteiger partial charge is 0.385 e. The fourth-order valence-electron chi connectivity index (χ4n) is 0.704. The van der Waals surface area contributed by atoms with E-state index in [1.54, 1.807) is 0 Å². The molecule has 0 amide bonds. The minimum absolute atomic E-state index is 0.144. The number of Topliss-reactive ketones (excluding diaryl/α,β-unsaturated/α-hetero) is 1. The third-order valence-electron chi connectivity index (χ3n) is 1.79. The first-order valence-corrected chi connectivity index (χ1v) is 3.95. The summed E-state index contributed by atoms with van der Waals surface area (Å²) in [5.41, 5.74) is 0. The maximum atomic E-state index is 10.6. The van der Waals surface area contributed by atoms with E-state index in [4.69, 9.17) is 5.11 Å². The Labute approximate surface area is 68.0 Å². The van der Waals surface area contributed by atoms with Gasteiger partial charge in [-0.1, -0.05) is 6.92 Å². The molecule has 66 valence electrons. The van der Waals surface area contributed by atoms with Crippen molar-refractivity contribution in [2.24, 2.45) is 0 Å². The lowest BCUT2D eigenvalue weighted by molar-refractivity contribution is -0.125. The first kappa shape index (κ1) is 10.6. The number of hydrogen-bond donors (Lipinski definition) is 1. The van der Waals surface area contributed by atoms with Crippen molar-refractivity contribution in [1.29, 1.82) is 0 Å². The standard InChI is InChI=1S/C8H17NO2/c1-4-9(3)6-5-8(11)7(2)10/h8,11H,4-6H2,1-3H3. The molecule has 0 fully saturated rings. The van der Waals surface area contributed by atoms with Crippen LogP contribution in [0.15, 0.2) is 0 Å². The number of carbonyl (C=O) groups is 1. The summed E-state index contributed by atoms with van der Waals surface area (Å²) in [6, 6.07) is 0. The second-order valence-corrected chi connectivity index (χ2v) is 2.81. The van der Waals surface area contributed by atoms with Crippen LogP contribution in [0.2, 0.25) is 0 Å². The van der Waals surface area contributed by atoms with E-state index >= 15 is 0 Å². The molecule has 3 heteroatoms. The zero-order valence-corrected chi connectivity index (χ0v) is 7.50. The van der Waals surface area contributed by atoms with Crippen LogP contribution in [0.25, 0.3) is 0 Å². The smallest absolute Gasteiger partial charge is 0.158 e. The minimum Gasteiger partial charge on any atom is -0.385 e. The Kier molecular flexibility index (Phi) is 5.07. The van der Waals surface area contributed by atoms with Crippen LogP contribution in [0.4, 0.5) is 0 Å². The Morgan fingerprint density at radius 3 is 2.55 bits per heavy atom. The van der Waals surface area contributed by atoms with Gasteiger partial charge in [0.2, 0.25) is 0 Å². The monoisotopic (exact) mass is 159 g/mol. The van der Waals surface area contributed by atoms with Crippen molar-refractivity contribution < 1.29 is 9.90 Å². The molecule has 0 heterocycles. The first-order valence-electron chi connectivity index (χ1n) is 3.95. The lowest BCUT2D eigenvalue weighted by atomic mass is 10.2. The summed E-state index contributed by atoms with van der Waals surface area (Å²) < 4.78 is 0. The van der Waals surface area contributed by atoms with Gasteiger partial charge in [-0.3, -0.25) is 4.79 Å². The molecule has 0 bridgehead atoms. The molecule has 0 aliphatic heterocycles. The number of carbonyl (C=O) groups excluding carboxylic acids is 1. The lowest BCUT2D eigenvalue weighted by Gasteiger charge is -2.14. The molecule has 0 saturated carbocycles. The average Bonchev–Trinajstić information content (AvgIpc) is 1.99. The van der Waals surface area contributed by atoms with Gasteiger partial charge in [0.1, 0.15) is 6.10 Å². The van der Waals surface area contributed by atoms with E-state index in [9.17, 15) is 4.79 Å². The van der Waals surface area contributed by atoms with Gasteiger partial charge in [0, 0.05) is 6.54 Å². The van der Waals surface area contributed by atoms with Gasteiger partial charge in [-0.15, -0.1) is 0 Å². The Morgan fingerprint density at radius 1 is 1.64 bits per heavy atom. The van der Waals surface area contributed by atoms with Gasteiger partial charge < -0.3 is 10.0 Å². The Morgan fingerprint density at radius 2 is 2.18 bits per heavy atom. The van der Waals surface area contributed by atoms with Crippen molar-refractivity contribution in [2.45, 2.75) is 26.4 Å². The quantitative estimate of drug-likeness (QED) is 0.626. The highest BCUT2D eigenvalue weighted by Gasteiger charge is 2.09. The Balaban J connectivity index is 3.45. The van der Waals surface area contributed by atoms with E-state index in [1.807, 2.05) is 14.0 Å². The number of rotatable bonds is 5. The van der Waals surface area contributed by atoms with Crippen LogP contribution in [-0.4, -0.2) is 42.0 Å². The summed E-state index contributed by atoms with van der Waals surface area (Å²) >= 11 is 0. The van der Waals surface area contributed by atoms with Crippen molar-refractivity contribution in [1.82, 2.24) is 4.90 Å². The van der Waals surface area contributed by atoms with Crippen LogP contribution in [-0.2, 0) is 4.79 Å². The van der Waals surface area contributed by atoms with E-state index in [0.29, 0.717) is 6.42 Å². The number of aliphatic hydroxyl groups excluding tert-OH is 1. The maximum Gasteiger partial charge on any atom is 0.158 e. The minimum atomic E-state index is -0.774. The Hall–Kier alpha value is -0.410. The van der Waals surface area contributed by atoms with E-state index in [1.165, 1.54) is 6.92 Å². The van der Waals surface area contributed by atoms with E-state index < -0.39 is 6.10 Å². The molecule has 1 unspecified atom stereocenters. The summed E-state index contributed by atoms with van der Waals surface area (Å²) in [5, 5.41) is 9.09. The van der Waals surface area contributed by atoms with Crippen molar-refractivity contribution in [3.05, 3.63) is 0 Å². The van der Waals surface area contributed by atoms with Crippen molar-refractivity contribution in [3.8, 4) is 0 Å². The summed E-state index contributed by atoms with van der Waals surface area (Å²) in [6.45, 7) is 5.18. The first-order chi connectivity index (χ1) is 5.07. The molecule has 1 N–H and O–H groups in total. The number of hydrogen-bond acceptors (Lipinski definition) is 3. The predicted molar refractivity (Wildman–Crippen MR) is 44.5 cm³/mol. The lowest BCUT2D eigenvalue weighted by Crippen LogP contribution is -2.26. The van der Waals surface area contributed by atoms with E-state index in [0.717, 1.165) is 13.1 Å². The molecule has 0 aromatic heterocycles. The highest BCUT2D eigenvalue weighted by Crippen LogP contribution is 1.94. The van der Waals surface area contributed by atoms with Gasteiger partial charge in [-0.2, -0.15) is 0 Å². The highest BCUT2D eigenvalue weighted by molar-refractivity contribution is 5.80. The third kappa shape index (κ3) is 4.93. The second kappa shape index (κ2) is 5.27. The van der Waals surface area contributed by atoms with Crippen LogP contribution in [0.5, 0.6) is 0 Å². The molecule has 3 nitrogen and oxygen atoms in total. The van der Waals surface area contributed by atoms with Gasteiger partial charge in [0.15, 0.2) is 5.78 Å². The van der Waals surface area contributed by atoms with Gasteiger partial charge in [0.25, 0.3) is 0 Å². The number of nitrogens with zero attached hydrogens (tertiary/aromatic N) is 1. The molecule has 1 atom stereocenters. The van der Waals surface area contributed by atoms with Crippen LogP contribution in [0, 0.1) is 0 Å². The highest BCUT2D eigenvalue weighted by atomic mass is 16.3. The molecule has 0 saturated heterocycles. The van der Waals surface area contributed by atoms with Gasteiger partial charge in [-0.05, 0) is 26.9 Å². The van der Waals surface area contributed by atoms with E-state index in [2.05, 4.69) is 4.90 Å². The SMILES string of the molecule is CCN(C)CCC(O)C(C)=O. The fraction of sp³-hybridized carbons (Fsp3) is 0.875. The average molecular weight is 159 g/mol. The molecular weight excluding hydrogens is 142 g/mol. The molecule has 0 aromatic carbocycles. The van der Waals surface area contributed by atoms with Crippen molar-refractivity contribution >= 4 is 5.78 Å². The zero-order valence-electron chi connectivity index (χ0n) is 7.50. The van der Waals surface area contributed by atoms with Gasteiger partial charge >= 0.3 is 0 Å². The predicted octanol–water partition coefficient (Wildman–Crippen LogP) is 0.278. The van der Waals surface area contributed by atoms with Gasteiger partial charge in [0.05, 0.1) is 0 Å². The molecular formula is C8H17NO2. The molecule has 0 spiro atoms.